The van der Waals surface area contributed by atoms with Gasteiger partial charge < -0.3 is 58.5 Å². The third kappa shape index (κ3) is 7.39. The molecule has 0 unspecified atom stereocenters. The van der Waals surface area contributed by atoms with Crippen molar-refractivity contribution in [2.24, 2.45) is 0 Å². The van der Waals surface area contributed by atoms with Crippen molar-refractivity contribution in [2.45, 2.75) is 133 Å². The second-order valence-corrected chi connectivity index (χ2v) is 16.0. The Hall–Kier alpha value is -4.10. The van der Waals surface area contributed by atoms with Crippen molar-refractivity contribution in [1.82, 2.24) is 4.90 Å². The second kappa shape index (κ2) is 16.2. The van der Waals surface area contributed by atoms with E-state index in [0.717, 1.165) is 0 Å². The number of rotatable bonds is 9. The van der Waals surface area contributed by atoms with Gasteiger partial charge in [0.15, 0.2) is 30.4 Å². The van der Waals surface area contributed by atoms with Crippen LogP contribution in [0.5, 0.6) is 11.5 Å². The molecule has 4 N–H and O–H groups in total. The number of benzene rings is 2. The number of carbonyl (C=O) groups is 4. The number of phenols is 2. The Morgan fingerprint density at radius 1 is 0.914 bits per heavy atom. The maximum atomic E-state index is 13.9. The third-order valence-corrected chi connectivity index (χ3v) is 12.1. The summed E-state index contributed by atoms with van der Waals surface area (Å²) in [7, 11) is 4.90. The number of esters is 1. The van der Waals surface area contributed by atoms with Gasteiger partial charge in [0, 0.05) is 42.0 Å². The fraction of sp³-hybridized carbons (Fsp3) is 0.571. The van der Waals surface area contributed by atoms with Crippen LogP contribution < -0.4 is 0 Å². The van der Waals surface area contributed by atoms with Gasteiger partial charge in [-0.1, -0.05) is 19.1 Å². The summed E-state index contributed by atoms with van der Waals surface area (Å²) in [5.41, 5.74) is -2.52. The van der Waals surface area contributed by atoms with Crippen LogP contribution in [-0.2, 0) is 42.7 Å². The molecule has 2 aliphatic carbocycles. The van der Waals surface area contributed by atoms with E-state index in [2.05, 4.69) is 0 Å². The molecule has 58 heavy (non-hydrogen) atoms. The number of ether oxygens (including phenoxy) is 7. The molecule has 16 heteroatoms. The van der Waals surface area contributed by atoms with E-state index in [-0.39, 0.29) is 70.9 Å². The molecule has 2 fully saturated rings. The van der Waals surface area contributed by atoms with Gasteiger partial charge in [-0.05, 0) is 71.1 Å². The Kier molecular flexibility index (Phi) is 11.7. The molecule has 314 valence electrons. The van der Waals surface area contributed by atoms with Crippen molar-refractivity contribution in [3.8, 4) is 11.5 Å². The van der Waals surface area contributed by atoms with Crippen LogP contribution in [0.2, 0.25) is 0 Å². The smallest absolute Gasteiger partial charge is 0.316 e. The number of ketones is 3. The highest BCUT2D eigenvalue weighted by atomic mass is 16.7. The number of carbonyl (C=O) groups excluding carboxylic acids is 4. The molecular formula is C42H51NO15. The van der Waals surface area contributed by atoms with Crippen molar-refractivity contribution in [3.63, 3.8) is 0 Å². The van der Waals surface area contributed by atoms with Crippen LogP contribution in [0.15, 0.2) is 36.4 Å². The van der Waals surface area contributed by atoms with Crippen LogP contribution in [0.4, 0.5) is 0 Å². The van der Waals surface area contributed by atoms with Crippen LogP contribution >= 0.6 is 0 Å². The molecule has 13 atom stereocenters. The first kappa shape index (κ1) is 42.0. The first-order valence-corrected chi connectivity index (χ1v) is 19.6. The van der Waals surface area contributed by atoms with Crippen molar-refractivity contribution in [1.29, 1.82) is 0 Å². The monoisotopic (exact) mass is 809 g/mol. The minimum absolute atomic E-state index is 0.0221. The number of aliphatic hydroxyl groups is 2. The summed E-state index contributed by atoms with van der Waals surface area (Å²) in [5.74, 6) is -4.79. The molecule has 0 saturated carbocycles. The van der Waals surface area contributed by atoms with Gasteiger partial charge in [0.2, 0.25) is 5.78 Å². The average molecular weight is 810 g/mol. The summed E-state index contributed by atoms with van der Waals surface area (Å²) in [5, 5.41) is 45.8. The van der Waals surface area contributed by atoms with Gasteiger partial charge in [-0.15, -0.1) is 0 Å². The predicted molar refractivity (Wildman–Crippen MR) is 201 cm³/mol. The summed E-state index contributed by atoms with van der Waals surface area (Å²) in [6, 6.07) is 5.09. The fourth-order valence-electron chi connectivity index (χ4n) is 9.02. The quantitative estimate of drug-likeness (QED) is 0.229. The molecule has 0 aromatic heterocycles. The van der Waals surface area contributed by atoms with E-state index in [0.29, 0.717) is 0 Å². The van der Waals surface area contributed by atoms with Gasteiger partial charge in [0.25, 0.3) is 0 Å². The van der Waals surface area contributed by atoms with Crippen molar-refractivity contribution >= 4 is 23.3 Å². The van der Waals surface area contributed by atoms with E-state index in [1.54, 1.807) is 27.7 Å². The number of nitrogens with zero attached hydrogens (tertiary/aromatic N) is 1. The molecule has 16 nitrogen and oxygen atoms in total. The highest BCUT2D eigenvalue weighted by Crippen LogP contribution is 2.54. The molecule has 0 radical (unpaired) electrons. The molecule has 2 aromatic rings. The van der Waals surface area contributed by atoms with Gasteiger partial charge >= 0.3 is 5.97 Å². The normalized spacial score (nSPS) is 36.0. The van der Waals surface area contributed by atoms with Crippen molar-refractivity contribution in [3.05, 3.63) is 69.8 Å². The van der Waals surface area contributed by atoms with Gasteiger partial charge in [-0.3, -0.25) is 19.2 Å². The van der Waals surface area contributed by atoms with Crippen LogP contribution in [0.1, 0.15) is 108 Å². The average Bonchev–Trinajstić information content (AvgIpc) is 3.17. The second-order valence-electron chi connectivity index (χ2n) is 16.0. The Labute approximate surface area is 335 Å². The summed E-state index contributed by atoms with van der Waals surface area (Å²) < 4.78 is 42.4. The first-order chi connectivity index (χ1) is 27.5. The molecule has 2 saturated heterocycles. The van der Waals surface area contributed by atoms with Crippen LogP contribution in [-0.4, -0.2) is 137 Å². The number of likely N-dealkylation sites (N-methyl/N-ethyl adjacent to an activating group) is 1. The molecule has 3 aliphatic heterocycles. The number of phenolic OH excluding ortho intramolecular Hbond substituents is 2. The molecule has 0 bridgehead atoms. The molecule has 0 amide bonds. The standard InChI is InChI=1S/C42H51NO15/c1-8-42(51)17-28(33-22(35(42)41(50)52-7)14-23-34(38(33)49)37(48)32-21(36(23)47)10-9-11-26(32)45)56-30-15-24(43(5)6)39(19(3)54-30)58-31-16-27(46)40(20(4)55-31)57-29-13-12-25(44)18(2)53-29/h9-14,18-20,24,27-31,35,39-40,45-46,49,51H,8,15-17H2,1-7H3/t18-,19+,20+,24+,27+,28+,29+,30-,31-,35+,39-,40-,42-/m0/s1. The molecular weight excluding hydrogens is 758 g/mol. The summed E-state index contributed by atoms with van der Waals surface area (Å²) in [6.45, 7) is 6.87. The Morgan fingerprint density at radius 3 is 2.24 bits per heavy atom. The van der Waals surface area contributed by atoms with E-state index >= 15 is 0 Å². The Bertz CT molecular complexity index is 1990. The number of methoxy groups -OCH3 is 1. The number of aliphatic hydroxyl groups excluding tert-OH is 1. The number of hydrogen-bond acceptors (Lipinski definition) is 16. The van der Waals surface area contributed by atoms with Crippen LogP contribution in [0.3, 0.4) is 0 Å². The molecule has 0 spiro atoms. The predicted octanol–water partition coefficient (Wildman–Crippen LogP) is 2.93. The van der Waals surface area contributed by atoms with Gasteiger partial charge in [0.1, 0.15) is 35.7 Å². The lowest BCUT2D eigenvalue weighted by atomic mass is 9.67. The van der Waals surface area contributed by atoms with Crippen LogP contribution in [0, 0.1) is 0 Å². The lowest BCUT2D eigenvalue weighted by Crippen LogP contribution is -2.58. The SMILES string of the molecule is CC[C@]1(O)C[C@@H](O[C@H]2C[C@@H](N(C)C)[C@@H](O[C@H]3C[C@@H](O)[C@@H](O[C@@H]4C=CC(=O)[C@H](C)O4)[C@@H](C)O3)[C@@H](C)O2)c2c(cc3c(c2O)C(=O)c2c(O)cccc2C3=O)[C@@H]1C(=O)OC. The zero-order valence-corrected chi connectivity index (χ0v) is 33.4. The Balaban J connectivity index is 1.14. The van der Waals surface area contributed by atoms with Crippen molar-refractivity contribution in [2.75, 3.05) is 21.2 Å². The van der Waals surface area contributed by atoms with E-state index in [1.165, 1.54) is 43.5 Å². The van der Waals surface area contributed by atoms with Gasteiger partial charge in [-0.2, -0.15) is 0 Å². The maximum absolute atomic E-state index is 13.9. The number of hydrogen-bond donors (Lipinski definition) is 4. The molecule has 7 rings (SSSR count). The summed E-state index contributed by atoms with van der Waals surface area (Å²) in [6.07, 6.45) is -4.94. The van der Waals surface area contributed by atoms with Gasteiger partial charge in [0.05, 0.1) is 48.3 Å². The zero-order valence-electron chi connectivity index (χ0n) is 33.4. The van der Waals surface area contributed by atoms with E-state index in [9.17, 15) is 39.6 Å². The Morgan fingerprint density at radius 2 is 1.60 bits per heavy atom. The van der Waals surface area contributed by atoms with E-state index in [1.807, 2.05) is 19.0 Å². The number of aromatic hydroxyl groups is 2. The minimum atomic E-state index is -1.76. The summed E-state index contributed by atoms with van der Waals surface area (Å²) >= 11 is 0. The van der Waals surface area contributed by atoms with Crippen LogP contribution in [0.25, 0.3) is 0 Å². The van der Waals surface area contributed by atoms with E-state index in [4.69, 9.17) is 33.2 Å². The minimum Gasteiger partial charge on any atom is -0.507 e. The van der Waals surface area contributed by atoms with Crippen molar-refractivity contribution < 1.29 is 72.8 Å². The van der Waals surface area contributed by atoms with E-state index < -0.39 is 102 Å². The lowest BCUT2D eigenvalue weighted by Gasteiger charge is -2.48. The largest absolute Gasteiger partial charge is 0.507 e. The first-order valence-electron chi connectivity index (χ1n) is 19.6. The fourth-order valence-corrected chi connectivity index (χ4v) is 9.02. The lowest BCUT2D eigenvalue weighted by molar-refractivity contribution is -0.320. The highest BCUT2D eigenvalue weighted by Gasteiger charge is 2.53. The highest BCUT2D eigenvalue weighted by molar-refractivity contribution is 6.30. The molecule has 3 heterocycles. The summed E-state index contributed by atoms with van der Waals surface area (Å²) in [4.78, 5) is 54.9. The van der Waals surface area contributed by atoms with Gasteiger partial charge in [-0.25, -0.2) is 0 Å². The topological polar surface area (TPSA) is 217 Å². The maximum Gasteiger partial charge on any atom is 0.316 e. The molecule has 2 aromatic carbocycles. The molecule has 5 aliphatic rings. The zero-order chi connectivity index (χ0) is 42.0. The number of fused-ring (bicyclic) bond motifs is 3. The third-order valence-electron chi connectivity index (χ3n) is 12.1.